The molecular weight excluding hydrogens is 1340 g/mol. The number of morpholine rings is 2. The molecule has 15 rings (SSSR count). The van der Waals surface area contributed by atoms with Gasteiger partial charge in [-0.05, 0) is 159 Å². The standard InChI is InChI=1S/C27H29N5O4.C27H29N5O3.C26H28N6O3/c28-16-20-15-19(1-6-25(20)36-23-8-12-34-13-9-23)27-29-10-7-26(31-27)30-21-2-4-22(5-3-21)32-11-14-35-24(17-32)18-33;1-19-16-22(32-10-14-34-15-11-32)3-4-24(19)30-26-6-9-29-27(31-26)20-2-5-25(21(17-20)18-28)35-23-7-12-33-13-8-23;1-26(33)10-11-32(16-26)21-5-3-20(4-6-21)30-25-29-17-28-24(31-25)18-2-7-23(19(14-18)15-27)35-22-8-12-34-13-9-22/h1-7,10,15,23-24,33H,8-9,11-14,17-18H2,(H,29,30,31);2-6,9,16-17,23H,7-8,10-15H2,1H3,(H,29,30,31);2-7,14,17,22,33H,8-13,16H2,1H3,(H,28,29,30,31)/t24-;;/m1../s1. The zero-order valence-electron chi connectivity index (χ0n) is 59.5. The summed E-state index contributed by atoms with van der Waals surface area (Å²) in [5.74, 6) is 5.02. The lowest BCUT2D eigenvalue weighted by atomic mass is 10.1. The SMILES string of the molecule is CC1(O)CCN(c2ccc(Nc3ncnc(-c4ccc(OC5CCOCC5)c(C#N)c4)n3)cc2)C1.Cc1cc(N2CCOCC2)ccc1Nc1ccnc(-c2ccc(OC3CCOCC3)c(C#N)c2)n1.N#Cc1cc(-c2nccc(Nc3ccc(N4CCO[C@@H](CO)C4)cc3)n2)ccc1OC1CCOCC1. The van der Waals surface area contributed by atoms with Gasteiger partial charge in [-0.2, -0.15) is 20.8 Å². The predicted octanol–water partition coefficient (Wildman–Crippen LogP) is 11.6. The molecule has 3 aromatic heterocycles. The Kier molecular flexibility index (Phi) is 24.6. The summed E-state index contributed by atoms with van der Waals surface area (Å²) in [4.78, 5) is 38.0. The van der Waals surface area contributed by atoms with E-state index in [1.807, 2.05) is 91.9 Å². The van der Waals surface area contributed by atoms with E-state index in [4.69, 9.17) is 42.9 Å². The lowest BCUT2D eigenvalue weighted by molar-refractivity contribution is 0.00357. The van der Waals surface area contributed by atoms with Crippen LogP contribution in [0.2, 0.25) is 0 Å². The van der Waals surface area contributed by atoms with Gasteiger partial charge in [-0.1, -0.05) is 0 Å². The van der Waals surface area contributed by atoms with Crippen LogP contribution in [0.25, 0.3) is 34.2 Å². The fraction of sp³-hybridized carbons (Fsp3) is 0.375. The number of nitrogens with zero attached hydrogens (tertiary/aromatic N) is 13. The molecule has 0 radical (unpaired) electrons. The molecule has 0 aliphatic carbocycles. The molecule has 546 valence electrons. The minimum absolute atomic E-state index is 0.0216. The number of hydrogen-bond donors (Lipinski definition) is 5. The maximum Gasteiger partial charge on any atom is 0.230 e. The summed E-state index contributed by atoms with van der Waals surface area (Å²) in [5, 5.41) is 58.6. The fourth-order valence-corrected chi connectivity index (χ4v) is 13.1. The topological polar surface area (TPSA) is 322 Å². The van der Waals surface area contributed by atoms with Crippen molar-refractivity contribution in [3.63, 3.8) is 0 Å². The number of ether oxygens (including phenoxy) is 8. The Morgan fingerprint density at radius 3 is 1.43 bits per heavy atom. The van der Waals surface area contributed by atoms with E-state index >= 15 is 0 Å². The second kappa shape index (κ2) is 35.6. The molecule has 6 aliphatic rings. The summed E-state index contributed by atoms with van der Waals surface area (Å²) >= 11 is 0. The van der Waals surface area contributed by atoms with E-state index in [2.05, 4.69) is 104 Å². The molecule has 0 bridgehead atoms. The van der Waals surface area contributed by atoms with Gasteiger partial charge >= 0.3 is 0 Å². The monoisotopic (exact) mass is 1430 g/mol. The fourth-order valence-electron chi connectivity index (χ4n) is 13.1. The number of aliphatic hydroxyl groups excluding tert-OH is 1. The molecule has 9 heterocycles. The summed E-state index contributed by atoms with van der Waals surface area (Å²) in [7, 11) is 0. The molecule has 6 fully saturated rings. The first-order valence-electron chi connectivity index (χ1n) is 36.0. The number of rotatable bonds is 19. The molecule has 1 unspecified atom stereocenters. The van der Waals surface area contributed by atoms with Gasteiger partial charge in [0.15, 0.2) is 17.5 Å². The van der Waals surface area contributed by atoms with E-state index < -0.39 is 5.60 Å². The van der Waals surface area contributed by atoms with Crippen molar-refractivity contribution in [1.29, 1.82) is 15.8 Å². The number of nitriles is 3. The van der Waals surface area contributed by atoms with Crippen molar-refractivity contribution in [2.75, 3.05) is 136 Å². The lowest BCUT2D eigenvalue weighted by Crippen LogP contribution is -2.44. The molecule has 6 aromatic carbocycles. The Morgan fingerprint density at radius 2 is 0.953 bits per heavy atom. The van der Waals surface area contributed by atoms with Gasteiger partial charge in [0.25, 0.3) is 0 Å². The maximum absolute atomic E-state index is 10.2. The first-order valence-corrected chi connectivity index (χ1v) is 36.0. The van der Waals surface area contributed by atoms with E-state index in [-0.39, 0.29) is 31.0 Å². The number of nitrogens with one attached hydrogen (secondary N) is 3. The number of aliphatic hydroxyl groups is 2. The van der Waals surface area contributed by atoms with Crippen molar-refractivity contribution >= 4 is 51.7 Å². The minimum Gasteiger partial charge on any atom is -0.489 e. The molecular formula is C80H86N16O10. The zero-order chi connectivity index (χ0) is 73.0. The average molecular weight is 1430 g/mol. The van der Waals surface area contributed by atoms with Crippen molar-refractivity contribution in [3.05, 3.63) is 174 Å². The number of aromatic nitrogens is 7. The molecule has 26 heteroatoms. The average Bonchev–Trinajstić information content (AvgIpc) is 1.00. The van der Waals surface area contributed by atoms with Crippen LogP contribution in [0.5, 0.6) is 17.2 Å². The highest BCUT2D eigenvalue weighted by Gasteiger charge is 2.32. The van der Waals surface area contributed by atoms with Crippen molar-refractivity contribution in [3.8, 4) is 69.6 Å². The van der Waals surface area contributed by atoms with Crippen molar-refractivity contribution in [1.82, 2.24) is 34.9 Å². The van der Waals surface area contributed by atoms with Crippen LogP contribution in [0, 0.1) is 40.9 Å². The van der Waals surface area contributed by atoms with Crippen LogP contribution in [0.1, 0.15) is 74.1 Å². The molecule has 5 N–H and O–H groups in total. The Morgan fingerprint density at radius 1 is 0.491 bits per heavy atom. The van der Waals surface area contributed by atoms with Gasteiger partial charge in [0.05, 0.1) is 94.5 Å². The number of hydrogen-bond acceptors (Lipinski definition) is 26. The molecule has 6 aliphatic heterocycles. The third-order valence-corrected chi connectivity index (χ3v) is 19.0. The van der Waals surface area contributed by atoms with Gasteiger partial charge < -0.3 is 78.8 Å². The van der Waals surface area contributed by atoms with E-state index in [1.54, 1.807) is 42.7 Å². The zero-order valence-corrected chi connectivity index (χ0v) is 59.5. The van der Waals surface area contributed by atoms with E-state index in [0.29, 0.717) is 134 Å². The predicted molar refractivity (Wildman–Crippen MR) is 401 cm³/mol. The first kappa shape index (κ1) is 73.2. The molecule has 26 nitrogen and oxygen atoms in total. The van der Waals surface area contributed by atoms with Gasteiger partial charge in [0.2, 0.25) is 5.95 Å². The number of β-amino-alcohol motifs (C(OH)–C–C–N with tert-alkyl or cyclic N) is 1. The normalized spacial score (nSPS) is 18.5. The van der Waals surface area contributed by atoms with E-state index in [0.717, 1.165) is 129 Å². The molecule has 0 saturated carbocycles. The third-order valence-electron chi connectivity index (χ3n) is 19.0. The van der Waals surface area contributed by atoms with Gasteiger partial charge in [-0.15, -0.1) is 0 Å². The van der Waals surface area contributed by atoms with Gasteiger partial charge in [-0.25, -0.2) is 29.9 Å². The molecule has 106 heavy (non-hydrogen) atoms. The summed E-state index contributed by atoms with van der Waals surface area (Å²) in [6, 6.07) is 49.2. The van der Waals surface area contributed by atoms with Crippen molar-refractivity contribution in [2.24, 2.45) is 0 Å². The second-order valence-electron chi connectivity index (χ2n) is 26.8. The summed E-state index contributed by atoms with van der Waals surface area (Å²) in [5.41, 5.74) is 10.2. The van der Waals surface area contributed by atoms with Crippen LogP contribution in [0.3, 0.4) is 0 Å². The second-order valence-corrected chi connectivity index (χ2v) is 26.8. The smallest absolute Gasteiger partial charge is 0.230 e. The van der Waals surface area contributed by atoms with Crippen LogP contribution in [-0.2, 0) is 23.7 Å². The highest BCUT2D eigenvalue weighted by atomic mass is 16.5. The Hall–Kier alpha value is -11.1. The Balaban J connectivity index is 0.000000141. The highest BCUT2D eigenvalue weighted by molar-refractivity contribution is 5.70. The summed E-state index contributed by atoms with van der Waals surface area (Å²) in [6.45, 7) is 14.9. The largest absolute Gasteiger partial charge is 0.489 e. The first-order chi connectivity index (χ1) is 51.9. The quantitative estimate of drug-likeness (QED) is 0.0502. The maximum atomic E-state index is 10.2. The Labute approximate surface area is 616 Å². The molecule has 0 amide bonds. The summed E-state index contributed by atoms with van der Waals surface area (Å²) < 4.78 is 45.3. The van der Waals surface area contributed by atoms with Gasteiger partial charge in [-0.3, -0.25) is 0 Å². The van der Waals surface area contributed by atoms with Crippen molar-refractivity contribution < 1.29 is 48.1 Å². The minimum atomic E-state index is -0.640. The van der Waals surface area contributed by atoms with Crippen LogP contribution in [-0.4, -0.2) is 180 Å². The van der Waals surface area contributed by atoms with Crippen LogP contribution < -0.4 is 44.9 Å². The highest BCUT2D eigenvalue weighted by Crippen LogP contribution is 2.34. The van der Waals surface area contributed by atoms with Crippen LogP contribution >= 0.6 is 0 Å². The summed E-state index contributed by atoms with van der Waals surface area (Å²) in [6.07, 6.45) is 10.6. The molecule has 2 atom stereocenters. The third kappa shape index (κ3) is 19.6. The van der Waals surface area contributed by atoms with E-state index in [9.17, 15) is 26.0 Å². The number of benzene rings is 6. The Bertz CT molecular complexity index is 4550. The number of aryl methyl sites for hydroxylation is 1. The molecule has 9 aromatic rings. The van der Waals surface area contributed by atoms with Gasteiger partial charge in [0, 0.05) is 141 Å². The van der Waals surface area contributed by atoms with Crippen LogP contribution in [0.4, 0.5) is 51.7 Å². The molecule has 6 saturated heterocycles. The molecule has 0 spiro atoms. The van der Waals surface area contributed by atoms with Crippen LogP contribution in [0.15, 0.2) is 152 Å². The van der Waals surface area contributed by atoms with E-state index in [1.165, 1.54) is 12.0 Å². The van der Waals surface area contributed by atoms with Crippen molar-refractivity contribution in [2.45, 2.75) is 88.8 Å². The van der Waals surface area contributed by atoms with Gasteiger partial charge in [0.1, 0.15) is 71.7 Å². The lowest BCUT2D eigenvalue weighted by Gasteiger charge is -2.33. The number of anilines is 9.